The van der Waals surface area contributed by atoms with E-state index in [0.29, 0.717) is 13.2 Å². The highest BCUT2D eigenvalue weighted by atomic mass is 16.5. The van der Waals surface area contributed by atoms with Crippen LogP contribution in [-0.4, -0.2) is 16.6 Å². The normalized spacial score (nSPS) is 18.9. The molecule has 88 valence electrons. The molecule has 0 aromatic carbocycles. The molecule has 1 aromatic rings. The zero-order valence-electron chi connectivity index (χ0n) is 9.78. The van der Waals surface area contributed by atoms with Crippen molar-refractivity contribution in [2.24, 2.45) is 5.73 Å². The number of nitrogens with zero attached hydrogens (tertiary/aromatic N) is 2. The van der Waals surface area contributed by atoms with E-state index in [-0.39, 0.29) is 5.60 Å². The standard InChI is InChI=1S/C12H19N3O/c1-2-16-12(5-3-4-6-12)11-14-8-10(7-13)9-15-11/h8-9H,2-7,13H2,1H3. The SMILES string of the molecule is CCOC1(c2ncc(CN)cn2)CCCC1. The Morgan fingerprint density at radius 1 is 1.31 bits per heavy atom. The van der Waals surface area contributed by atoms with Crippen molar-refractivity contribution in [1.29, 1.82) is 0 Å². The Balaban J connectivity index is 2.24. The van der Waals surface area contributed by atoms with Crippen LogP contribution < -0.4 is 5.73 Å². The second-order valence-corrected chi connectivity index (χ2v) is 4.25. The first-order valence-corrected chi connectivity index (χ1v) is 5.96. The minimum absolute atomic E-state index is 0.234. The molecular formula is C12H19N3O. The molecule has 1 aliphatic rings. The van der Waals surface area contributed by atoms with Crippen LogP contribution in [0.4, 0.5) is 0 Å². The molecule has 16 heavy (non-hydrogen) atoms. The summed E-state index contributed by atoms with van der Waals surface area (Å²) in [6.45, 7) is 3.22. The lowest BCUT2D eigenvalue weighted by Crippen LogP contribution is -2.28. The van der Waals surface area contributed by atoms with Crippen molar-refractivity contribution in [3.8, 4) is 0 Å². The number of nitrogens with two attached hydrogens (primary N) is 1. The van der Waals surface area contributed by atoms with Gasteiger partial charge in [-0.1, -0.05) is 0 Å². The molecule has 1 aliphatic carbocycles. The van der Waals surface area contributed by atoms with Gasteiger partial charge in [0.2, 0.25) is 0 Å². The van der Waals surface area contributed by atoms with E-state index in [4.69, 9.17) is 10.5 Å². The van der Waals surface area contributed by atoms with E-state index < -0.39 is 0 Å². The molecule has 0 saturated heterocycles. The first kappa shape index (κ1) is 11.5. The van der Waals surface area contributed by atoms with Crippen LogP contribution in [0.25, 0.3) is 0 Å². The van der Waals surface area contributed by atoms with Gasteiger partial charge < -0.3 is 10.5 Å². The molecule has 4 nitrogen and oxygen atoms in total. The van der Waals surface area contributed by atoms with Crippen LogP contribution in [-0.2, 0) is 16.9 Å². The summed E-state index contributed by atoms with van der Waals surface area (Å²) in [6.07, 6.45) is 8.07. The molecule has 0 unspecified atom stereocenters. The van der Waals surface area contributed by atoms with Gasteiger partial charge in [-0.2, -0.15) is 0 Å². The maximum atomic E-state index is 5.89. The van der Waals surface area contributed by atoms with E-state index in [2.05, 4.69) is 9.97 Å². The highest BCUT2D eigenvalue weighted by Gasteiger charge is 2.38. The summed E-state index contributed by atoms with van der Waals surface area (Å²) >= 11 is 0. The molecule has 2 rings (SSSR count). The zero-order chi connectivity index (χ0) is 11.4. The smallest absolute Gasteiger partial charge is 0.160 e. The molecule has 0 bridgehead atoms. The summed E-state index contributed by atoms with van der Waals surface area (Å²) in [6, 6.07) is 0. The van der Waals surface area contributed by atoms with Crippen LogP contribution >= 0.6 is 0 Å². The van der Waals surface area contributed by atoms with Crippen molar-refractivity contribution < 1.29 is 4.74 Å². The first-order valence-electron chi connectivity index (χ1n) is 5.96. The molecule has 1 fully saturated rings. The highest BCUT2D eigenvalue weighted by molar-refractivity contribution is 5.10. The fraction of sp³-hybridized carbons (Fsp3) is 0.667. The van der Waals surface area contributed by atoms with Crippen molar-refractivity contribution in [3.63, 3.8) is 0 Å². The van der Waals surface area contributed by atoms with Crippen molar-refractivity contribution >= 4 is 0 Å². The third kappa shape index (κ3) is 2.08. The monoisotopic (exact) mass is 221 g/mol. The number of hydrogen-bond acceptors (Lipinski definition) is 4. The number of rotatable bonds is 4. The van der Waals surface area contributed by atoms with Crippen LogP contribution in [0.1, 0.15) is 44.0 Å². The van der Waals surface area contributed by atoms with Gasteiger partial charge >= 0.3 is 0 Å². The topological polar surface area (TPSA) is 61.0 Å². The lowest BCUT2D eigenvalue weighted by molar-refractivity contribution is -0.0457. The summed E-state index contributed by atoms with van der Waals surface area (Å²) in [5, 5.41) is 0. The Bertz CT molecular complexity index is 331. The van der Waals surface area contributed by atoms with Gasteiger partial charge in [-0.05, 0) is 32.6 Å². The molecule has 1 heterocycles. The molecule has 0 amide bonds. The van der Waals surface area contributed by atoms with Crippen molar-refractivity contribution in [1.82, 2.24) is 9.97 Å². The van der Waals surface area contributed by atoms with Gasteiger partial charge in [0.25, 0.3) is 0 Å². The van der Waals surface area contributed by atoms with Gasteiger partial charge in [-0.3, -0.25) is 0 Å². The summed E-state index contributed by atoms with van der Waals surface area (Å²) in [7, 11) is 0. The van der Waals surface area contributed by atoms with Crippen LogP contribution in [0.2, 0.25) is 0 Å². The zero-order valence-corrected chi connectivity index (χ0v) is 9.78. The lowest BCUT2D eigenvalue weighted by atomic mass is 10.0. The van der Waals surface area contributed by atoms with Crippen molar-refractivity contribution in [2.75, 3.05) is 6.61 Å². The Labute approximate surface area is 96.2 Å². The van der Waals surface area contributed by atoms with E-state index in [1.54, 1.807) is 12.4 Å². The molecular weight excluding hydrogens is 202 g/mol. The summed E-state index contributed by atoms with van der Waals surface area (Å²) in [5.41, 5.74) is 6.27. The van der Waals surface area contributed by atoms with Crippen molar-refractivity contribution in [3.05, 3.63) is 23.8 Å². The summed E-state index contributed by atoms with van der Waals surface area (Å²) in [4.78, 5) is 8.81. The minimum Gasteiger partial charge on any atom is -0.367 e. The van der Waals surface area contributed by atoms with E-state index >= 15 is 0 Å². The Morgan fingerprint density at radius 2 is 1.94 bits per heavy atom. The van der Waals surface area contributed by atoms with Crippen molar-refractivity contribution in [2.45, 2.75) is 44.8 Å². The number of aromatic nitrogens is 2. The fourth-order valence-corrected chi connectivity index (χ4v) is 2.35. The van der Waals surface area contributed by atoms with Crippen LogP contribution in [0, 0.1) is 0 Å². The summed E-state index contributed by atoms with van der Waals surface area (Å²) in [5.74, 6) is 0.823. The van der Waals surface area contributed by atoms with Gasteiger partial charge in [0.05, 0.1) is 0 Å². The minimum atomic E-state index is -0.234. The van der Waals surface area contributed by atoms with Gasteiger partial charge in [-0.15, -0.1) is 0 Å². The van der Waals surface area contributed by atoms with Gasteiger partial charge in [-0.25, -0.2) is 9.97 Å². The molecule has 1 saturated carbocycles. The lowest BCUT2D eigenvalue weighted by Gasteiger charge is -2.27. The quantitative estimate of drug-likeness (QED) is 0.841. The van der Waals surface area contributed by atoms with Gasteiger partial charge in [0, 0.05) is 31.1 Å². The fourth-order valence-electron chi connectivity index (χ4n) is 2.35. The molecule has 0 spiro atoms. The predicted molar refractivity (Wildman–Crippen MR) is 61.7 cm³/mol. The average molecular weight is 221 g/mol. The van der Waals surface area contributed by atoms with E-state index in [1.165, 1.54) is 12.8 Å². The summed E-state index contributed by atoms with van der Waals surface area (Å²) < 4.78 is 5.89. The van der Waals surface area contributed by atoms with Gasteiger partial charge in [0.1, 0.15) is 5.60 Å². The first-order chi connectivity index (χ1) is 7.80. The maximum Gasteiger partial charge on any atom is 0.160 e. The highest BCUT2D eigenvalue weighted by Crippen LogP contribution is 2.40. The number of ether oxygens (including phenoxy) is 1. The molecule has 1 aromatic heterocycles. The molecule has 2 N–H and O–H groups in total. The Kier molecular flexibility index (Phi) is 3.51. The molecule has 0 aliphatic heterocycles. The van der Waals surface area contributed by atoms with Crippen LogP contribution in [0.15, 0.2) is 12.4 Å². The molecule has 4 heteroatoms. The number of hydrogen-bond donors (Lipinski definition) is 1. The largest absolute Gasteiger partial charge is 0.367 e. The maximum absolute atomic E-state index is 5.89. The predicted octanol–water partition coefficient (Wildman–Crippen LogP) is 1.74. The Hall–Kier alpha value is -1.00. The molecule has 0 radical (unpaired) electrons. The second-order valence-electron chi connectivity index (χ2n) is 4.25. The average Bonchev–Trinajstić information content (AvgIpc) is 2.80. The third-order valence-electron chi connectivity index (χ3n) is 3.18. The second kappa shape index (κ2) is 4.89. The third-order valence-corrected chi connectivity index (χ3v) is 3.18. The Morgan fingerprint density at radius 3 is 2.44 bits per heavy atom. The van der Waals surface area contributed by atoms with E-state index in [9.17, 15) is 0 Å². The van der Waals surface area contributed by atoms with Crippen LogP contribution in [0.5, 0.6) is 0 Å². The van der Waals surface area contributed by atoms with E-state index in [0.717, 1.165) is 24.2 Å². The van der Waals surface area contributed by atoms with Crippen LogP contribution in [0.3, 0.4) is 0 Å². The molecule has 0 atom stereocenters. The van der Waals surface area contributed by atoms with E-state index in [1.807, 2.05) is 6.92 Å². The van der Waals surface area contributed by atoms with Gasteiger partial charge in [0.15, 0.2) is 5.82 Å².